The Balaban J connectivity index is 1.38. The van der Waals surface area contributed by atoms with Gasteiger partial charge in [-0.25, -0.2) is 15.0 Å². The minimum atomic E-state index is 0.324. The van der Waals surface area contributed by atoms with Crippen molar-refractivity contribution in [2.75, 3.05) is 13.1 Å². The lowest BCUT2D eigenvalue weighted by Gasteiger charge is -2.27. The van der Waals surface area contributed by atoms with Crippen LogP contribution in [0.15, 0.2) is 46.7 Å². The number of fused-ring (bicyclic) bond motifs is 2. The summed E-state index contributed by atoms with van der Waals surface area (Å²) < 4.78 is 6.87. The maximum Gasteiger partial charge on any atom is 0.181 e. The zero-order valence-electron chi connectivity index (χ0n) is 15.0. The maximum atomic E-state index is 5.64. The zero-order valence-corrected chi connectivity index (χ0v) is 15.8. The maximum absolute atomic E-state index is 5.64. The van der Waals surface area contributed by atoms with Crippen LogP contribution < -0.4 is 0 Å². The fourth-order valence-corrected chi connectivity index (χ4v) is 4.40. The summed E-state index contributed by atoms with van der Waals surface area (Å²) in [5.41, 5.74) is 6.22. The number of hydrogen-bond donors (Lipinski definition) is 0. The Kier molecular flexibility index (Phi) is 4.18. The molecule has 1 aliphatic rings. The van der Waals surface area contributed by atoms with Crippen LogP contribution in [0.25, 0.3) is 21.7 Å². The summed E-state index contributed by atoms with van der Waals surface area (Å²) >= 11 is 1.68. The molecule has 1 aromatic carbocycles. The molecule has 7 heteroatoms. The summed E-state index contributed by atoms with van der Waals surface area (Å²) in [5.74, 6) is 1.60. The highest BCUT2D eigenvalue weighted by atomic mass is 32.1. The Morgan fingerprint density at radius 2 is 1.96 bits per heavy atom. The molecule has 3 aromatic heterocycles. The quantitative estimate of drug-likeness (QED) is 0.539. The van der Waals surface area contributed by atoms with E-state index in [0.29, 0.717) is 11.9 Å². The van der Waals surface area contributed by atoms with Crippen molar-refractivity contribution >= 4 is 21.6 Å². The highest BCUT2D eigenvalue weighted by Crippen LogP contribution is 2.30. The smallest absolute Gasteiger partial charge is 0.181 e. The van der Waals surface area contributed by atoms with Crippen LogP contribution >= 0.6 is 11.3 Å². The molecule has 1 atom stereocenters. The second kappa shape index (κ2) is 6.83. The van der Waals surface area contributed by atoms with E-state index in [1.807, 2.05) is 11.6 Å². The van der Waals surface area contributed by atoms with Gasteiger partial charge in [-0.1, -0.05) is 11.2 Å². The number of thiazole rings is 1. The van der Waals surface area contributed by atoms with Gasteiger partial charge in [-0.3, -0.25) is 4.90 Å². The fourth-order valence-electron chi connectivity index (χ4n) is 3.74. The molecule has 0 amide bonds. The molecule has 0 spiro atoms. The molecule has 0 fully saturated rings. The first-order chi connectivity index (χ1) is 13.3. The summed E-state index contributed by atoms with van der Waals surface area (Å²) in [5, 5.41) is 4.24. The van der Waals surface area contributed by atoms with Gasteiger partial charge in [0.25, 0.3) is 0 Å². The lowest BCUT2D eigenvalue weighted by Crippen LogP contribution is -2.29. The lowest BCUT2D eigenvalue weighted by atomic mass is 10.1. The summed E-state index contributed by atoms with van der Waals surface area (Å²) in [6.45, 7) is 4.15. The predicted octanol–water partition coefficient (Wildman–Crippen LogP) is 3.90. The van der Waals surface area contributed by atoms with E-state index in [-0.39, 0.29) is 0 Å². The van der Waals surface area contributed by atoms with Gasteiger partial charge in [-0.15, -0.1) is 11.3 Å². The van der Waals surface area contributed by atoms with E-state index in [1.165, 1.54) is 10.3 Å². The van der Waals surface area contributed by atoms with Gasteiger partial charge in [0.05, 0.1) is 15.7 Å². The van der Waals surface area contributed by atoms with Gasteiger partial charge in [0, 0.05) is 43.5 Å². The first-order valence-corrected chi connectivity index (χ1v) is 9.99. The molecule has 0 bridgehead atoms. The lowest BCUT2D eigenvalue weighted by molar-refractivity contribution is 0.216. The van der Waals surface area contributed by atoms with Crippen molar-refractivity contribution in [3.63, 3.8) is 0 Å². The third-order valence-electron chi connectivity index (χ3n) is 5.31. The SMILES string of the molecule is CC(c1ccc2scnc2c1)N1CCc2onc(-c3ncccn3)c2CC1. The van der Waals surface area contributed by atoms with Crippen LogP contribution in [-0.2, 0) is 12.8 Å². The molecule has 4 aromatic rings. The number of rotatable bonds is 3. The Bertz CT molecular complexity index is 1070. The van der Waals surface area contributed by atoms with Crippen LogP contribution in [0.2, 0.25) is 0 Å². The number of hydrogen-bond acceptors (Lipinski definition) is 7. The number of aromatic nitrogens is 4. The standard InChI is InChI=1S/C20H19N5OS/c1-13(14-3-4-18-16(11-14)23-12-27-18)25-9-5-15-17(6-10-25)26-24-19(15)20-21-7-2-8-22-20/h2-4,7-8,11-13H,5-6,9-10H2,1H3. The number of nitrogens with zero attached hydrogens (tertiary/aromatic N) is 5. The summed E-state index contributed by atoms with van der Waals surface area (Å²) in [7, 11) is 0. The molecule has 1 unspecified atom stereocenters. The van der Waals surface area contributed by atoms with E-state index in [2.05, 4.69) is 50.1 Å². The number of benzene rings is 1. The topological polar surface area (TPSA) is 67.9 Å². The van der Waals surface area contributed by atoms with Crippen LogP contribution in [0, 0.1) is 0 Å². The molecule has 0 saturated carbocycles. The van der Waals surface area contributed by atoms with Crippen LogP contribution in [0.4, 0.5) is 0 Å². The minimum Gasteiger partial charge on any atom is -0.360 e. The summed E-state index contributed by atoms with van der Waals surface area (Å²) in [6.07, 6.45) is 5.21. The van der Waals surface area contributed by atoms with Crippen LogP contribution in [0.5, 0.6) is 0 Å². The molecular formula is C20H19N5OS. The first-order valence-electron chi connectivity index (χ1n) is 9.11. The monoisotopic (exact) mass is 377 g/mol. The molecule has 0 radical (unpaired) electrons. The largest absolute Gasteiger partial charge is 0.360 e. The molecular weight excluding hydrogens is 358 g/mol. The van der Waals surface area contributed by atoms with Crippen molar-refractivity contribution in [1.82, 2.24) is 25.0 Å². The minimum absolute atomic E-state index is 0.324. The van der Waals surface area contributed by atoms with Crippen molar-refractivity contribution in [2.24, 2.45) is 0 Å². The Morgan fingerprint density at radius 1 is 1.11 bits per heavy atom. The second-order valence-electron chi connectivity index (χ2n) is 6.80. The van der Waals surface area contributed by atoms with Gasteiger partial charge in [-0.2, -0.15) is 0 Å². The van der Waals surface area contributed by atoms with Crippen LogP contribution in [-0.4, -0.2) is 38.1 Å². The molecule has 27 heavy (non-hydrogen) atoms. The highest BCUT2D eigenvalue weighted by Gasteiger charge is 2.26. The Morgan fingerprint density at radius 3 is 2.85 bits per heavy atom. The van der Waals surface area contributed by atoms with Crippen molar-refractivity contribution in [3.8, 4) is 11.5 Å². The van der Waals surface area contributed by atoms with Gasteiger partial charge in [0.1, 0.15) is 5.76 Å². The van der Waals surface area contributed by atoms with Crippen LogP contribution in [0.3, 0.4) is 0 Å². The molecule has 0 saturated heterocycles. The third-order valence-corrected chi connectivity index (χ3v) is 6.12. The normalized spacial score (nSPS) is 16.2. The first kappa shape index (κ1) is 16.5. The predicted molar refractivity (Wildman–Crippen MR) is 105 cm³/mol. The van der Waals surface area contributed by atoms with Crippen LogP contribution in [0.1, 0.15) is 29.9 Å². The van der Waals surface area contributed by atoms with Gasteiger partial charge < -0.3 is 4.52 Å². The van der Waals surface area contributed by atoms with Gasteiger partial charge in [0.15, 0.2) is 11.5 Å². The molecule has 136 valence electrons. The molecule has 5 rings (SSSR count). The van der Waals surface area contributed by atoms with E-state index >= 15 is 0 Å². The highest BCUT2D eigenvalue weighted by molar-refractivity contribution is 7.16. The molecule has 6 nitrogen and oxygen atoms in total. The van der Waals surface area contributed by atoms with E-state index in [0.717, 1.165) is 48.5 Å². The van der Waals surface area contributed by atoms with Gasteiger partial charge >= 0.3 is 0 Å². The summed E-state index contributed by atoms with van der Waals surface area (Å²) in [4.78, 5) is 15.6. The average molecular weight is 377 g/mol. The average Bonchev–Trinajstić information content (AvgIpc) is 3.29. The van der Waals surface area contributed by atoms with Crippen molar-refractivity contribution in [2.45, 2.75) is 25.8 Å². The summed E-state index contributed by atoms with van der Waals surface area (Å²) in [6, 6.07) is 8.74. The van der Waals surface area contributed by atoms with E-state index in [1.54, 1.807) is 23.7 Å². The molecule has 1 aliphatic heterocycles. The van der Waals surface area contributed by atoms with Crippen molar-refractivity contribution in [1.29, 1.82) is 0 Å². The Labute approximate surface area is 160 Å². The molecule has 4 heterocycles. The van der Waals surface area contributed by atoms with Gasteiger partial charge in [-0.05, 0) is 37.1 Å². The molecule has 0 aliphatic carbocycles. The Hall–Kier alpha value is -2.64. The van der Waals surface area contributed by atoms with E-state index in [4.69, 9.17) is 4.52 Å². The third kappa shape index (κ3) is 3.02. The van der Waals surface area contributed by atoms with Gasteiger partial charge in [0.2, 0.25) is 0 Å². The van der Waals surface area contributed by atoms with Crippen molar-refractivity contribution < 1.29 is 4.52 Å². The zero-order chi connectivity index (χ0) is 18.2. The van der Waals surface area contributed by atoms with E-state index < -0.39 is 0 Å². The second-order valence-corrected chi connectivity index (χ2v) is 7.68. The van der Waals surface area contributed by atoms with E-state index in [9.17, 15) is 0 Å². The van der Waals surface area contributed by atoms with Crippen molar-refractivity contribution in [3.05, 3.63) is 59.1 Å². The molecule has 0 N–H and O–H groups in total. The fraction of sp³-hybridized carbons (Fsp3) is 0.300.